The molecule has 1 aromatic heterocycles. The Labute approximate surface area is 77.3 Å². The number of methoxy groups -OCH3 is 1. The minimum absolute atomic E-state index is 0.562. The standard InChI is InChI=1S/C8H14N4O/c1-6-11-7(10-4-3-9)5-8(12-6)13-2/h5H,3-4,9H2,1-2H3,(H,10,11,12). The van der Waals surface area contributed by atoms with Crippen LogP contribution in [0.5, 0.6) is 5.88 Å². The Kier molecular flexibility index (Phi) is 3.45. The fraction of sp³-hybridized carbons (Fsp3) is 0.500. The van der Waals surface area contributed by atoms with Crippen LogP contribution >= 0.6 is 0 Å². The first-order chi connectivity index (χ1) is 6.26. The van der Waals surface area contributed by atoms with Crippen LogP contribution in [0.1, 0.15) is 5.82 Å². The van der Waals surface area contributed by atoms with E-state index in [1.54, 1.807) is 13.2 Å². The van der Waals surface area contributed by atoms with Crippen LogP contribution in [0, 0.1) is 6.92 Å². The van der Waals surface area contributed by atoms with Crippen molar-refractivity contribution < 1.29 is 4.74 Å². The molecule has 5 heteroatoms. The molecule has 13 heavy (non-hydrogen) atoms. The van der Waals surface area contributed by atoms with Crippen molar-refractivity contribution in [1.29, 1.82) is 0 Å². The summed E-state index contributed by atoms with van der Waals surface area (Å²) in [6, 6.07) is 1.74. The first-order valence-electron chi connectivity index (χ1n) is 4.10. The predicted molar refractivity (Wildman–Crippen MR) is 50.9 cm³/mol. The third kappa shape index (κ3) is 2.87. The van der Waals surface area contributed by atoms with Crippen molar-refractivity contribution in [2.24, 2.45) is 5.73 Å². The summed E-state index contributed by atoms with van der Waals surface area (Å²) in [6.07, 6.45) is 0. The van der Waals surface area contributed by atoms with Crippen molar-refractivity contribution >= 4 is 5.82 Å². The number of hydrogen-bond donors (Lipinski definition) is 2. The zero-order valence-electron chi connectivity index (χ0n) is 7.87. The molecule has 0 aliphatic heterocycles. The van der Waals surface area contributed by atoms with Crippen LogP contribution < -0.4 is 15.8 Å². The number of hydrogen-bond acceptors (Lipinski definition) is 5. The fourth-order valence-corrected chi connectivity index (χ4v) is 0.936. The molecule has 0 spiro atoms. The molecule has 1 rings (SSSR count). The largest absolute Gasteiger partial charge is 0.481 e. The van der Waals surface area contributed by atoms with Crippen molar-refractivity contribution in [3.8, 4) is 5.88 Å². The summed E-state index contributed by atoms with van der Waals surface area (Å²) in [5.74, 6) is 1.99. The molecule has 0 radical (unpaired) electrons. The van der Waals surface area contributed by atoms with Crippen LogP contribution in [0.2, 0.25) is 0 Å². The highest BCUT2D eigenvalue weighted by Gasteiger charge is 1.99. The lowest BCUT2D eigenvalue weighted by Gasteiger charge is -2.06. The Morgan fingerprint density at radius 2 is 2.31 bits per heavy atom. The number of nitrogens with two attached hydrogens (primary N) is 1. The summed E-state index contributed by atoms with van der Waals surface area (Å²) in [7, 11) is 1.58. The average Bonchev–Trinajstić information content (AvgIpc) is 2.14. The van der Waals surface area contributed by atoms with E-state index < -0.39 is 0 Å². The molecule has 0 atom stereocenters. The van der Waals surface area contributed by atoms with E-state index in [1.165, 1.54) is 0 Å². The molecule has 0 aromatic carbocycles. The van der Waals surface area contributed by atoms with Gasteiger partial charge >= 0.3 is 0 Å². The van der Waals surface area contributed by atoms with Crippen molar-refractivity contribution in [1.82, 2.24) is 9.97 Å². The van der Waals surface area contributed by atoms with Crippen LogP contribution in [0.15, 0.2) is 6.07 Å². The Hall–Kier alpha value is -1.36. The minimum Gasteiger partial charge on any atom is -0.481 e. The topological polar surface area (TPSA) is 73.1 Å². The van der Waals surface area contributed by atoms with E-state index in [0.29, 0.717) is 24.8 Å². The molecule has 0 bridgehead atoms. The quantitative estimate of drug-likeness (QED) is 0.694. The fourth-order valence-electron chi connectivity index (χ4n) is 0.936. The molecule has 5 nitrogen and oxygen atoms in total. The SMILES string of the molecule is COc1cc(NCCN)nc(C)n1. The number of nitrogens with one attached hydrogen (secondary N) is 1. The van der Waals surface area contributed by atoms with Crippen LogP contribution in [0.3, 0.4) is 0 Å². The van der Waals surface area contributed by atoms with Gasteiger partial charge in [0.2, 0.25) is 5.88 Å². The number of rotatable bonds is 4. The summed E-state index contributed by atoms with van der Waals surface area (Å²) < 4.78 is 4.99. The van der Waals surface area contributed by atoms with Gasteiger partial charge in [0.05, 0.1) is 7.11 Å². The Balaban J connectivity index is 2.76. The summed E-state index contributed by atoms with van der Waals surface area (Å²) in [5.41, 5.74) is 5.35. The monoisotopic (exact) mass is 182 g/mol. The number of aryl methyl sites for hydroxylation is 1. The first kappa shape index (κ1) is 9.73. The second kappa shape index (κ2) is 4.61. The number of nitrogens with zero attached hydrogens (tertiary/aromatic N) is 2. The molecular weight excluding hydrogens is 168 g/mol. The van der Waals surface area contributed by atoms with E-state index >= 15 is 0 Å². The summed E-state index contributed by atoms with van der Waals surface area (Å²) >= 11 is 0. The van der Waals surface area contributed by atoms with Gasteiger partial charge in [-0.1, -0.05) is 0 Å². The molecule has 0 aliphatic carbocycles. The van der Waals surface area contributed by atoms with Gasteiger partial charge in [-0.05, 0) is 6.92 Å². The smallest absolute Gasteiger partial charge is 0.218 e. The highest BCUT2D eigenvalue weighted by Crippen LogP contribution is 2.11. The highest BCUT2D eigenvalue weighted by atomic mass is 16.5. The molecule has 0 unspecified atom stereocenters. The molecule has 3 N–H and O–H groups in total. The predicted octanol–water partition coefficient (Wildman–Crippen LogP) is 0.164. The molecule has 0 fully saturated rings. The van der Waals surface area contributed by atoms with Gasteiger partial charge < -0.3 is 15.8 Å². The van der Waals surface area contributed by atoms with E-state index in [1.807, 2.05) is 6.92 Å². The van der Waals surface area contributed by atoms with Crippen LogP contribution in [0.4, 0.5) is 5.82 Å². The van der Waals surface area contributed by atoms with Crippen molar-refractivity contribution in [2.75, 3.05) is 25.5 Å². The Morgan fingerprint density at radius 1 is 1.54 bits per heavy atom. The molecular formula is C8H14N4O. The normalized spacial score (nSPS) is 9.77. The van der Waals surface area contributed by atoms with Gasteiger partial charge in [-0.3, -0.25) is 0 Å². The van der Waals surface area contributed by atoms with E-state index in [0.717, 1.165) is 5.82 Å². The molecule has 1 aromatic rings. The van der Waals surface area contributed by atoms with Crippen molar-refractivity contribution in [3.05, 3.63) is 11.9 Å². The van der Waals surface area contributed by atoms with Gasteiger partial charge in [0.15, 0.2) is 0 Å². The first-order valence-corrected chi connectivity index (χ1v) is 4.10. The van der Waals surface area contributed by atoms with E-state index in [9.17, 15) is 0 Å². The third-order valence-corrected chi connectivity index (χ3v) is 1.47. The number of anilines is 1. The van der Waals surface area contributed by atoms with Gasteiger partial charge in [-0.15, -0.1) is 0 Å². The van der Waals surface area contributed by atoms with Crippen molar-refractivity contribution in [2.45, 2.75) is 6.92 Å². The van der Waals surface area contributed by atoms with Gasteiger partial charge in [0.25, 0.3) is 0 Å². The average molecular weight is 182 g/mol. The second-order valence-corrected chi connectivity index (χ2v) is 2.56. The molecule has 0 aliphatic rings. The van der Waals surface area contributed by atoms with E-state index in [-0.39, 0.29) is 0 Å². The lowest BCUT2D eigenvalue weighted by Crippen LogP contribution is -2.14. The lowest BCUT2D eigenvalue weighted by molar-refractivity contribution is 0.396. The van der Waals surface area contributed by atoms with Gasteiger partial charge in [-0.2, -0.15) is 4.98 Å². The maximum Gasteiger partial charge on any atom is 0.218 e. The summed E-state index contributed by atoms with van der Waals surface area (Å²) in [5, 5.41) is 3.05. The molecule has 0 amide bonds. The van der Waals surface area contributed by atoms with Crippen LogP contribution in [-0.4, -0.2) is 30.2 Å². The third-order valence-electron chi connectivity index (χ3n) is 1.47. The maximum absolute atomic E-state index is 5.35. The van der Waals surface area contributed by atoms with E-state index in [4.69, 9.17) is 10.5 Å². The summed E-state index contributed by atoms with van der Waals surface area (Å²) in [4.78, 5) is 8.22. The van der Waals surface area contributed by atoms with E-state index in [2.05, 4.69) is 15.3 Å². The van der Waals surface area contributed by atoms with Crippen LogP contribution in [0.25, 0.3) is 0 Å². The van der Waals surface area contributed by atoms with Crippen molar-refractivity contribution in [3.63, 3.8) is 0 Å². The van der Waals surface area contributed by atoms with Crippen LogP contribution in [-0.2, 0) is 0 Å². The van der Waals surface area contributed by atoms with Gasteiger partial charge in [0.1, 0.15) is 11.6 Å². The molecule has 0 saturated carbocycles. The minimum atomic E-state index is 0.562. The summed E-state index contributed by atoms with van der Waals surface area (Å²) in [6.45, 7) is 3.08. The maximum atomic E-state index is 5.35. The van der Waals surface area contributed by atoms with Gasteiger partial charge in [0, 0.05) is 19.2 Å². The Morgan fingerprint density at radius 3 is 2.92 bits per heavy atom. The molecule has 0 saturated heterocycles. The molecule has 1 heterocycles. The number of ether oxygens (including phenoxy) is 1. The zero-order chi connectivity index (χ0) is 9.68. The number of aromatic nitrogens is 2. The lowest BCUT2D eigenvalue weighted by atomic mass is 10.5. The zero-order valence-corrected chi connectivity index (χ0v) is 7.87. The highest BCUT2D eigenvalue weighted by molar-refractivity contribution is 5.38. The van der Waals surface area contributed by atoms with Gasteiger partial charge in [-0.25, -0.2) is 4.98 Å². The Bertz CT molecular complexity index is 277. The second-order valence-electron chi connectivity index (χ2n) is 2.56. The molecule has 72 valence electrons.